The molecule has 2 amide bonds. The minimum absolute atomic E-state index is 0.0104. The van der Waals surface area contributed by atoms with Gasteiger partial charge in [-0.2, -0.15) is 26.3 Å². The van der Waals surface area contributed by atoms with Crippen molar-refractivity contribution in [1.29, 1.82) is 0 Å². The number of rotatable bonds is 10. The maximum absolute atomic E-state index is 13.5. The van der Waals surface area contributed by atoms with Gasteiger partial charge in [0.25, 0.3) is 5.91 Å². The van der Waals surface area contributed by atoms with Crippen LogP contribution in [0, 0.1) is 17.8 Å². The Bertz CT molecular complexity index is 1390. The Labute approximate surface area is 236 Å². The van der Waals surface area contributed by atoms with Crippen molar-refractivity contribution in [3.05, 3.63) is 59.2 Å². The fraction of sp³-hybridized carbons (Fsp3) is 0.429. The third-order valence-electron chi connectivity index (χ3n) is 7.16. The summed E-state index contributed by atoms with van der Waals surface area (Å²) in [5.74, 6) is -6.55. The van der Waals surface area contributed by atoms with E-state index < -0.39 is 66.5 Å². The van der Waals surface area contributed by atoms with Gasteiger partial charge in [-0.15, -0.1) is 0 Å². The number of nitrogens with zero attached hydrogens (tertiary/aromatic N) is 1. The number of amides is 2. The number of halogens is 6. The number of carbonyl (C=O) groups excluding carboxylic acids is 2. The standard InChI is InChI=1S/C28H27F6N3O5/c1-42-20-7-3-6-18-21(15-4-2-5-16(13-15)28(32,33)34)35-23(25(39)36-22(18)20)37-24(38)17(10-11-27(29,30)31)19(26(40)41)12-14-8-9-14/h2-7,13-14,17,19,23H,8-12H2,1H3,(H,36,39)(H,37,38)(H,40,41)/t17-,19+,23+/m1/s1. The van der Waals surface area contributed by atoms with Crippen molar-refractivity contribution < 1.29 is 50.6 Å². The monoisotopic (exact) mass is 599 g/mol. The molecule has 42 heavy (non-hydrogen) atoms. The maximum Gasteiger partial charge on any atom is 0.416 e. The van der Waals surface area contributed by atoms with Gasteiger partial charge in [0.05, 0.1) is 35.9 Å². The molecule has 4 rings (SSSR count). The quantitative estimate of drug-likeness (QED) is 0.316. The van der Waals surface area contributed by atoms with Crippen molar-refractivity contribution in [3.63, 3.8) is 0 Å². The molecule has 1 fully saturated rings. The Morgan fingerprint density at radius 2 is 1.79 bits per heavy atom. The second kappa shape index (κ2) is 12.0. The first-order valence-electron chi connectivity index (χ1n) is 13.0. The Balaban J connectivity index is 1.75. The van der Waals surface area contributed by atoms with Crippen LogP contribution in [0.25, 0.3) is 0 Å². The predicted molar refractivity (Wildman–Crippen MR) is 138 cm³/mol. The van der Waals surface area contributed by atoms with Gasteiger partial charge < -0.3 is 20.5 Å². The molecule has 2 aromatic rings. The number of alkyl halides is 6. The molecule has 0 saturated heterocycles. The summed E-state index contributed by atoms with van der Waals surface area (Å²) in [5.41, 5.74) is -1.01. The van der Waals surface area contributed by atoms with Crippen LogP contribution in [-0.2, 0) is 20.6 Å². The van der Waals surface area contributed by atoms with Gasteiger partial charge in [0.1, 0.15) is 5.75 Å². The normalized spacial score (nSPS) is 18.6. The molecule has 226 valence electrons. The van der Waals surface area contributed by atoms with Crippen LogP contribution in [0.2, 0.25) is 0 Å². The minimum Gasteiger partial charge on any atom is -0.495 e. The number of ether oxygens (including phenoxy) is 1. The molecule has 8 nitrogen and oxygen atoms in total. The topological polar surface area (TPSA) is 117 Å². The van der Waals surface area contributed by atoms with Gasteiger partial charge in [-0.1, -0.05) is 37.1 Å². The molecule has 0 unspecified atom stereocenters. The maximum atomic E-state index is 13.5. The summed E-state index contributed by atoms with van der Waals surface area (Å²) in [7, 11) is 1.30. The third-order valence-corrected chi connectivity index (χ3v) is 7.16. The summed E-state index contributed by atoms with van der Waals surface area (Å²) >= 11 is 0. The number of methoxy groups -OCH3 is 1. The van der Waals surface area contributed by atoms with E-state index in [1.807, 2.05) is 0 Å². The smallest absolute Gasteiger partial charge is 0.416 e. The number of aliphatic imine (C=N–C) groups is 1. The fourth-order valence-corrected chi connectivity index (χ4v) is 4.87. The molecule has 2 aliphatic rings. The van der Waals surface area contributed by atoms with Crippen molar-refractivity contribution >= 4 is 29.2 Å². The number of aliphatic carboxylic acids is 1. The number of benzene rings is 2. The number of nitrogens with one attached hydrogen (secondary N) is 2. The lowest BCUT2D eigenvalue weighted by Crippen LogP contribution is -2.47. The molecule has 2 aromatic carbocycles. The van der Waals surface area contributed by atoms with E-state index in [0.29, 0.717) is 12.8 Å². The van der Waals surface area contributed by atoms with E-state index in [2.05, 4.69) is 15.6 Å². The fourth-order valence-electron chi connectivity index (χ4n) is 4.87. The van der Waals surface area contributed by atoms with Crippen LogP contribution in [-0.4, -0.2) is 48.1 Å². The van der Waals surface area contributed by atoms with Crippen LogP contribution >= 0.6 is 0 Å². The average molecular weight is 600 g/mol. The molecule has 0 radical (unpaired) electrons. The van der Waals surface area contributed by atoms with E-state index in [4.69, 9.17) is 4.74 Å². The van der Waals surface area contributed by atoms with Crippen molar-refractivity contribution in [2.24, 2.45) is 22.7 Å². The van der Waals surface area contributed by atoms with Crippen molar-refractivity contribution in [1.82, 2.24) is 5.32 Å². The second-order valence-electron chi connectivity index (χ2n) is 10.2. The van der Waals surface area contributed by atoms with E-state index in [9.17, 15) is 45.8 Å². The number of hydrogen-bond donors (Lipinski definition) is 3. The number of carboxylic acids is 1. The van der Waals surface area contributed by atoms with Gasteiger partial charge in [0, 0.05) is 17.5 Å². The Morgan fingerprint density at radius 3 is 2.38 bits per heavy atom. The number of anilines is 1. The lowest BCUT2D eigenvalue weighted by atomic mass is 9.83. The Morgan fingerprint density at radius 1 is 1.10 bits per heavy atom. The van der Waals surface area contributed by atoms with E-state index in [1.165, 1.54) is 31.4 Å². The van der Waals surface area contributed by atoms with E-state index in [-0.39, 0.29) is 40.6 Å². The summed E-state index contributed by atoms with van der Waals surface area (Å²) in [6, 6.07) is 8.54. The zero-order valence-electron chi connectivity index (χ0n) is 22.2. The molecule has 0 bridgehead atoms. The highest BCUT2D eigenvalue weighted by molar-refractivity contribution is 6.20. The zero-order valence-corrected chi connectivity index (χ0v) is 22.2. The molecule has 0 aromatic heterocycles. The summed E-state index contributed by atoms with van der Waals surface area (Å²) in [6.07, 6.45) is -12.1. The van der Waals surface area contributed by atoms with Crippen LogP contribution in [0.4, 0.5) is 32.0 Å². The van der Waals surface area contributed by atoms with Crippen molar-refractivity contribution in [2.75, 3.05) is 12.4 Å². The highest BCUT2D eigenvalue weighted by atomic mass is 19.4. The SMILES string of the molecule is COc1cccc2c1NC(=O)[C@H](NC(=O)[C@H](CCC(F)(F)F)[C@H](CC1CC1)C(=O)O)N=C2c1cccc(C(F)(F)F)c1. The van der Waals surface area contributed by atoms with Gasteiger partial charge in [0.2, 0.25) is 12.1 Å². The summed E-state index contributed by atoms with van der Waals surface area (Å²) in [5, 5.41) is 14.6. The predicted octanol–water partition coefficient (Wildman–Crippen LogP) is 5.41. The van der Waals surface area contributed by atoms with Gasteiger partial charge in [-0.25, -0.2) is 4.99 Å². The average Bonchev–Trinajstić information content (AvgIpc) is 3.74. The van der Waals surface area contributed by atoms with E-state index >= 15 is 0 Å². The number of hydrogen-bond acceptors (Lipinski definition) is 5. The van der Waals surface area contributed by atoms with Gasteiger partial charge >= 0.3 is 18.3 Å². The number of para-hydroxylation sites is 1. The van der Waals surface area contributed by atoms with Crippen molar-refractivity contribution in [3.8, 4) is 5.75 Å². The highest BCUT2D eigenvalue weighted by Gasteiger charge is 2.42. The first-order chi connectivity index (χ1) is 19.7. The molecular formula is C28H27F6N3O5. The lowest BCUT2D eigenvalue weighted by molar-refractivity contribution is -0.154. The first kappa shape index (κ1) is 30.8. The van der Waals surface area contributed by atoms with Crippen molar-refractivity contribution in [2.45, 2.75) is 50.6 Å². The molecule has 1 aliphatic heterocycles. The lowest BCUT2D eigenvalue weighted by Gasteiger charge is -2.25. The van der Waals surface area contributed by atoms with Crippen LogP contribution in [0.5, 0.6) is 5.75 Å². The molecule has 3 atom stereocenters. The molecule has 1 aliphatic carbocycles. The van der Waals surface area contributed by atoms with Crippen LogP contribution in [0.1, 0.15) is 48.8 Å². The molecule has 0 spiro atoms. The van der Waals surface area contributed by atoms with Crippen LogP contribution in [0.3, 0.4) is 0 Å². The first-order valence-corrected chi connectivity index (χ1v) is 13.0. The van der Waals surface area contributed by atoms with Gasteiger partial charge in [0.15, 0.2) is 0 Å². The molecular weight excluding hydrogens is 572 g/mol. The molecule has 14 heteroatoms. The van der Waals surface area contributed by atoms with E-state index in [0.717, 1.165) is 18.2 Å². The van der Waals surface area contributed by atoms with E-state index in [1.54, 1.807) is 0 Å². The molecule has 1 heterocycles. The Hall–Kier alpha value is -4.10. The van der Waals surface area contributed by atoms with Gasteiger partial charge in [-0.05, 0) is 37.0 Å². The number of carbonyl (C=O) groups is 3. The Kier molecular flexibility index (Phi) is 8.83. The summed E-state index contributed by atoms with van der Waals surface area (Å²) < 4.78 is 85.2. The van der Waals surface area contributed by atoms with Crippen LogP contribution < -0.4 is 15.4 Å². The number of carboxylic acid groups (broad SMARTS) is 1. The highest BCUT2D eigenvalue weighted by Crippen LogP contribution is 2.40. The second-order valence-corrected chi connectivity index (χ2v) is 10.2. The van der Waals surface area contributed by atoms with Gasteiger partial charge in [-0.3, -0.25) is 14.4 Å². The summed E-state index contributed by atoms with van der Waals surface area (Å²) in [4.78, 5) is 42.9. The van der Waals surface area contributed by atoms with Crippen LogP contribution in [0.15, 0.2) is 47.5 Å². The largest absolute Gasteiger partial charge is 0.495 e. The summed E-state index contributed by atoms with van der Waals surface area (Å²) in [6.45, 7) is 0. The minimum atomic E-state index is -4.71. The number of fused-ring (bicyclic) bond motifs is 1. The molecule has 3 N–H and O–H groups in total. The zero-order chi connectivity index (χ0) is 30.8. The molecule has 1 saturated carbocycles. The number of benzodiazepines with no additional fused rings is 1. The third kappa shape index (κ3) is 7.39.